The number of carbonyl (C=O) groups is 2. The fraction of sp³-hybridized carbons (Fsp3) is 0. The molecule has 2 aromatic rings. The fourth-order valence-electron chi connectivity index (χ4n) is 1.58. The van der Waals surface area contributed by atoms with Crippen molar-refractivity contribution < 1.29 is 19.1 Å². The van der Waals surface area contributed by atoms with Crippen LogP contribution in [-0.4, -0.2) is 22.1 Å². The Bertz CT molecular complexity index is 589. The molecule has 0 amide bonds. The third kappa shape index (κ3) is 1.94. The molecule has 1 heterocycles. The summed E-state index contributed by atoms with van der Waals surface area (Å²) >= 11 is 0. The molecular weight excluding hydrogens is 225 g/mol. The number of carbonyl (C=O) groups excluding carboxylic acids is 1. The molecule has 0 saturated carbocycles. The lowest BCUT2D eigenvalue weighted by atomic mass is 10.1. The SMILES string of the molecule is O=Cc1ccc(-c2cccn2C(=O)O)c(F)c1. The third-order valence-electron chi connectivity index (χ3n) is 2.36. The predicted octanol–water partition coefficient (Wildman–Crippen LogP) is 2.63. The van der Waals surface area contributed by atoms with E-state index in [4.69, 9.17) is 5.11 Å². The summed E-state index contributed by atoms with van der Waals surface area (Å²) in [7, 11) is 0. The number of hydrogen-bond acceptors (Lipinski definition) is 2. The van der Waals surface area contributed by atoms with Crippen LogP contribution in [0.5, 0.6) is 0 Å². The van der Waals surface area contributed by atoms with E-state index >= 15 is 0 Å². The summed E-state index contributed by atoms with van der Waals surface area (Å²) in [6, 6.07) is 6.89. The van der Waals surface area contributed by atoms with Crippen molar-refractivity contribution in [2.45, 2.75) is 0 Å². The molecule has 1 aromatic carbocycles. The molecule has 0 spiro atoms. The standard InChI is InChI=1S/C12H8FNO3/c13-10-6-8(7-15)3-4-9(10)11-2-1-5-14(11)12(16)17/h1-7H,(H,16,17). The van der Waals surface area contributed by atoms with Crippen LogP contribution in [-0.2, 0) is 0 Å². The molecule has 2 rings (SSSR count). The number of aromatic nitrogens is 1. The largest absolute Gasteiger partial charge is 0.464 e. The maximum absolute atomic E-state index is 13.7. The van der Waals surface area contributed by atoms with Crippen LogP contribution >= 0.6 is 0 Å². The molecule has 0 radical (unpaired) electrons. The van der Waals surface area contributed by atoms with E-state index < -0.39 is 11.9 Å². The molecule has 0 aliphatic carbocycles. The molecule has 0 unspecified atom stereocenters. The first kappa shape index (κ1) is 11.1. The van der Waals surface area contributed by atoms with Crippen LogP contribution < -0.4 is 0 Å². The molecule has 0 aliphatic rings. The van der Waals surface area contributed by atoms with Gasteiger partial charge in [-0.1, -0.05) is 6.07 Å². The summed E-state index contributed by atoms with van der Waals surface area (Å²) in [4.78, 5) is 21.3. The van der Waals surface area contributed by atoms with Gasteiger partial charge in [-0.25, -0.2) is 9.18 Å². The van der Waals surface area contributed by atoms with E-state index in [1.807, 2.05) is 0 Å². The van der Waals surface area contributed by atoms with E-state index in [2.05, 4.69) is 0 Å². The van der Waals surface area contributed by atoms with Crippen molar-refractivity contribution in [2.75, 3.05) is 0 Å². The lowest BCUT2D eigenvalue weighted by Gasteiger charge is -2.05. The summed E-state index contributed by atoms with van der Waals surface area (Å²) in [5.74, 6) is -0.629. The first-order valence-corrected chi connectivity index (χ1v) is 4.79. The Morgan fingerprint density at radius 1 is 1.35 bits per heavy atom. The van der Waals surface area contributed by atoms with Gasteiger partial charge in [0.25, 0.3) is 0 Å². The van der Waals surface area contributed by atoms with Gasteiger partial charge in [-0.15, -0.1) is 0 Å². The number of benzene rings is 1. The molecule has 0 aliphatic heterocycles. The van der Waals surface area contributed by atoms with Crippen LogP contribution in [0.1, 0.15) is 10.4 Å². The van der Waals surface area contributed by atoms with Gasteiger partial charge in [0.2, 0.25) is 0 Å². The van der Waals surface area contributed by atoms with Crippen molar-refractivity contribution >= 4 is 12.4 Å². The van der Waals surface area contributed by atoms with Crippen molar-refractivity contribution in [3.63, 3.8) is 0 Å². The summed E-state index contributed by atoms with van der Waals surface area (Å²) in [6.45, 7) is 0. The zero-order chi connectivity index (χ0) is 12.4. The number of halogens is 1. The molecule has 0 fully saturated rings. The van der Waals surface area contributed by atoms with Crippen LogP contribution in [0.25, 0.3) is 11.3 Å². The molecule has 0 saturated heterocycles. The highest BCUT2D eigenvalue weighted by Gasteiger charge is 2.13. The quantitative estimate of drug-likeness (QED) is 0.811. The molecule has 0 bridgehead atoms. The first-order chi connectivity index (χ1) is 8.13. The summed E-state index contributed by atoms with van der Waals surface area (Å²) in [5.41, 5.74) is 0.579. The van der Waals surface area contributed by atoms with Gasteiger partial charge < -0.3 is 5.11 Å². The first-order valence-electron chi connectivity index (χ1n) is 4.79. The van der Waals surface area contributed by atoms with E-state index in [-0.39, 0.29) is 16.8 Å². The van der Waals surface area contributed by atoms with Gasteiger partial charge in [0, 0.05) is 17.3 Å². The Kier molecular flexibility index (Phi) is 2.74. The lowest BCUT2D eigenvalue weighted by molar-refractivity contribution is 0.112. The third-order valence-corrected chi connectivity index (χ3v) is 2.36. The molecule has 1 N–H and O–H groups in total. The summed E-state index contributed by atoms with van der Waals surface area (Å²) in [5, 5.41) is 8.89. The maximum atomic E-state index is 13.7. The smallest absolute Gasteiger partial charge is 0.416 e. The zero-order valence-electron chi connectivity index (χ0n) is 8.63. The summed E-state index contributed by atoms with van der Waals surface area (Å²) in [6.07, 6.45) is 0.664. The Balaban J connectivity index is 2.57. The lowest BCUT2D eigenvalue weighted by Crippen LogP contribution is -2.08. The summed E-state index contributed by atoms with van der Waals surface area (Å²) < 4.78 is 14.6. The van der Waals surface area contributed by atoms with Crippen LogP contribution in [0, 0.1) is 5.82 Å². The number of hydrogen-bond donors (Lipinski definition) is 1. The Morgan fingerprint density at radius 2 is 2.12 bits per heavy atom. The van der Waals surface area contributed by atoms with E-state index in [9.17, 15) is 14.0 Å². The second-order valence-electron chi connectivity index (χ2n) is 3.40. The topological polar surface area (TPSA) is 59.3 Å². The van der Waals surface area contributed by atoms with E-state index in [0.717, 1.165) is 10.6 Å². The van der Waals surface area contributed by atoms with E-state index in [1.54, 1.807) is 0 Å². The molecule has 0 atom stereocenters. The van der Waals surface area contributed by atoms with Gasteiger partial charge in [0.1, 0.15) is 12.1 Å². The number of nitrogens with zero attached hydrogens (tertiary/aromatic N) is 1. The highest BCUT2D eigenvalue weighted by molar-refractivity contribution is 5.80. The molecular formula is C12H8FNO3. The second-order valence-corrected chi connectivity index (χ2v) is 3.40. The Labute approximate surface area is 95.9 Å². The highest BCUT2D eigenvalue weighted by atomic mass is 19.1. The van der Waals surface area contributed by atoms with Crippen molar-refractivity contribution in [3.05, 3.63) is 47.9 Å². The van der Waals surface area contributed by atoms with Crippen LogP contribution in [0.4, 0.5) is 9.18 Å². The average molecular weight is 233 g/mol. The van der Waals surface area contributed by atoms with Crippen LogP contribution in [0.3, 0.4) is 0 Å². The van der Waals surface area contributed by atoms with Gasteiger partial charge in [0.15, 0.2) is 0 Å². The number of carboxylic acid groups (broad SMARTS) is 1. The van der Waals surface area contributed by atoms with E-state index in [0.29, 0.717) is 6.29 Å². The minimum atomic E-state index is -1.19. The highest BCUT2D eigenvalue weighted by Crippen LogP contribution is 2.23. The zero-order valence-corrected chi connectivity index (χ0v) is 8.63. The second kappa shape index (κ2) is 4.21. The van der Waals surface area contributed by atoms with Gasteiger partial charge in [0.05, 0.1) is 5.69 Å². The van der Waals surface area contributed by atoms with Crippen LogP contribution in [0.15, 0.2) is 36.5 Å². The van der Waals surface area contributed by atoms with E-state index in [1.165, 1.54) is 30.5 Å². The predicted molar refractivity (Wildman–Crippen MR) is 58.6 cm³/mol. The minimum Gasteiger partial charge on any atom is -0.464 e. The van der Waals surface area contributed by atoms with Gasteiger partial charge in [-0.2, -0.15) is 0 Å². The number of aldehydes is 1. The minimum absolute atomic E-state index is 0.142. The van der Waals surface area contributed by atoms with Crippen molar-refractivity contribution in [3.8, 4) is 11.3 Å². The molecule has 1 aromatic heterocycles. The van der Waals surface area contributed by atoms with Crippen molar-refractivity contribution in [1.29, 1.82) is 0 Å². The van der Waals surface area contributed by atoms with Gasteiger partial charge >= 0.3 is 6.09 Å². The Morgan fingerprint density at radius 3 is 2.71 bits per heavy atom. The van der Waals surface area contributed by atoms with Gasteiger partial charge in [-0.3, -0.25) is 9.36 Å². The van der Waals surface area contributed by atoms with Crippen LogP contribution in [0.2, 0.25) is 0 Å². The Hall–Kier alpha value is -2.43. The fourth-order valence-corrected chi connectivity index (χ4v) is 1.58. The van der Waals surface area contributed by atoms with Crippen molar-refractivity contribution in [2.24, 2.45) is 0 Å². The molecule has 86 valence electrons. The molecule has 17 heavy (non-hydrogen) atoms. The molecule has 5 heteroatoms. The normalized spacial score (nSPS) is 10.2. The van der Waals surface area contributed by atoms with Crippen molar-refractivity contribution in [1.82, 2.24) is 4.57 Å². The number of rotatable bonds is 2. The maximum Gasteiger partial charge on any atom is 0.416 e. The molecule has 4 nitrogen and oxygen atoms in total. The average Bonchev–Trinajstić information content (AvgIpc) is 2.77. The van der Waals surface area contributed by atoms with Gasteiger partial charge in [-0.05, 0) is 24.3 Å². The monoisotopic (exact) mass is 233 g/mol.